The molecule has 0 saturated carbocycles. The average Bonchev–Trinajstić information content (AvgIpc) is 2.33. The number of nitrogens with zero attached hydrogens (tertiary/aromatic N) is 1. The minimum absolute atomic E-state index is 0.174. The molecule has 0 atom stereocenters. The van der Waals surface area contributed by atoms with Gasteiger partial charge >= 0.3 is 6.09 Å². The van der Waals surface area contributed by atoms with Crippen molar-refractivity contribution < 1.29 is 14.6 Å². The predicted molar refractivity (Wildman–Crippen MR) is 77.9 cm³/mol. The lowest BCUT2D eigenvalue weighted by Gasteiger charge is -2.19. The number of phenols is 1. The molecule has 110 valence electrons. The van der Waals surface area contributed by atoms with Gasteiger partial charge in [0.05, 0.1) is 6.54 Å². The maximum absolute atomic E-state index is 11.4. The van der Waals surface area contributed by atoms with Crippen molar-refractivity contribution in [2.45, 2.75) is 26.4 Å². The van der Waals surface area contributed by atoms with Crippen LogP contribution < -0.4 is 11.1 Å². The Morgan fingerprint density at radius 2 is 1.95 bits per heavy atom. The number of phenolic OH excluding ortho intramolecular Hbond substituents is 1. The first-order chi connectivity index (χ1) is 9.28. The number of hydrogen-bond acceptors (Lipinski definition) is 4. The lowest BCUT2D eigenvalue weighted by Crippen LogP contribution is -2.34. The summed E-state index contributed by atoms with van der Waals surface area (Å²) in [6.45, 7) is 6.09. The number of nitrogens with two attached hydrogens (primary N) is 1. The lowest BCUT2D eigenvalue weighted by atomic mass is 10.2. The topological polar surface area (TPSA) is 96.9 Å². The molecule has 1 aromatic rings. The molecule has 0 aliphatic rings. The third-order valence-corrected chi connectivity index (χ3v) is 2.23. The Bertz CT molecular complexity index is 475. The molecule has 0 saturated heterocycles. The molecule has 20 heavy (non-hydrogen) atoms. The quantitative estimate of drug-likeness (QED) is 0.443. The van der Waals surface area contributed by atoms with Crippen molar-refractivity contribution in [3.8, 4) is 5.75 Å². The molecular weight excluding hydrogens is 258 g/mol. The first-order valence-electron chi connectivity index (χ1n) is 6.34. The first kappa shape index (κ1) is 15.8. The maximum atomic E-state index is 11.4. The summed E-state index contributed by atoms with van der Waals surface area (Å²) in [6.07, 6.45) is -0.476. The van der Waals surface area contributed by atoms with Crippen molar-refractivity contribution in [3.63, 3.8) is 0 Å². The van der Waals surface area contributed by atoms with Crippen LogP contribution in [0.2, 0.25) is 0 Å². The van der Waals surface area contributed by atoms with E-state index in [0.29, 0.717) is 18.9 Å². The van der Waals surface area contributed by atoms with Gasteiger partial charge in [0, 0.05) is 12.1 Å². The number of ether oxygens (including phenoxy) is 1. The molecule has 0 bridgehead atoms. The van der Waals surface area contributed by atoms with Crippen molar-refractivity contribution in [1.82, 2.24) is 5.32 Å². The van der Waals surface area contributed by atoms with Gasteiger partial charge in [-0.05, 0) is 45.0 Å². The third kappa shape index (κ3) is 6.08. The van der Waals surface area contributed by atoms with Gasteiger partial charge in [0.15, 0.2) is 0 Å². The number of benzene rings is 1. The molecule has 0 aliphatic carbocycles. The van der Waals surface area contributed by atoms with Crippen molar-refractivity contribution in [3.05, 3.63) is 29.8 Å². The third-order valence-electron chi connectivity index (χ3n) is 2.23. The van der Waals surface area contributed by atoms with E-state index in [2.05, 4.69) is 10.3 Å². The summed E-state index contributed by atoms with van der Waals surface area (Å²) in [5.41, 5.74) is 5.99. The van der Waals surface area contributed by atoms with Gasteiger partial charge in [-0.3, -0.25) is 4.99 Å². The van der Waals surface area contributed by atoms with E-state index >= 15 is 0 Å². The Morgan fingerprint density at radius 1 is 1.35 bits per heavy atom. The minimum Gasteiger partial charge on any atom is -0.508 e. The Hall–Kier alpha value is -2.24. The van der Waals surface area contributed by atoms with Crippen LogP contribution in [-0.4, -0.2) is 35.7 Å². The smallest absolute Gasteiger partial charge is 0.407 e. The summed E-state index contributed by atoms with van der Waals surface area (Å²) >= 11 is 0. The molecule has 0 spiro atoms. The van der Waals surface area contributed by atoms with Crippen LogP contribution in [0.3, 0.4) is 0 Å². The fourth-order valence-corrected chi connectivity index (χ4v) is 1.37. The van der Waals surface area contributed by atoms with Crippen LogP contribution >= 0.6 is 0 Å². The zero-order valence-electron chi connectivity index (χ0n) is 12.0. The molecule has 0 unspecified atom stereocenters. The number of carbonyl (C=O) groups is 1. The van der Waals surface area contributed by atoms with Crippen LogP contribution in [0, 0.1) is 0 Å². The summed E-state index contributed by atoms with van der Waals surface area (Å²) in [5, 5.41) is 11.8. The van der Waals surface area contributed by atoms with Crippen LogP contribution in [-0.2, 0) is 4.74 Å². The molecular formula is C14H21N3O3. The number of aliphatic imine (C=N–C) groups is 1. The van der Waals surface area contributed by atoms with E-state index in [1.54, 1.807) is 32.9 Å². The number of rotatable bonds is 4. The Labute approximate surface area is 118 Å². The fourth-order valence-electron chi connectivity index (χ4n) is 1.37. The number of hydrogen-bond donors (Lipinski definition) is 3. The van der Waals surface area contributed by atoms with Gasteiger partial charge in [-0.15, -0.1) is 0 Å². The van der Waals surface area contributed by atoms with E-state index in [4.69, 9.17) is 15.6 Å². The highest BCUT2D eigenvalue weighted by Gasteiger charge is 2.15. The van der Waals surface area contributed by atoms with E-state index in [-0.39, 0.29) is 5.75 Å². The van der Waals surface area contributed by atoms with E-state index in [1.165, 1.54) is 12.1 Å². The van der Waals surface area contributed by atoms with E-state index < -0.39 is 11.7 Å². The molecule has 0 aliphatic heterocycles. The van der Waals surface area contributed by atoms with E-state index in [9.17, 15) is 4.79 Å². The van der Waals surface area contributed by atoms with E-state index in [1.807, 2.05) is 0 Å². The number of aromatic hydroxyl groups is 1. The van der Waals surface area contributed by atoms with Gasteiger partial charge < -0.3 is 20.9 Å². The normalized spacial score (nSPS) is 12.1. The number of alkyl carbamates (subject to hydrolysis) is 1. The number of amidine groups is 1. The second kappa shape index (κ2) is 6.79. The maximum Gasteiger partial charge on any atom is 0.407 e. The fraction of sp³-hybridized carbons (Fsp3) is 0.429. The van der Waals surface area contributed by atoms with Gasteiger partial charge in [-0.25, -0.2) is 4.79 Å². The molecule has 0 fully saturated rings. The van der Waals surface area contributed by atoms with Gasteiger partial charge in [0.1, 0.15) is 17.2 Å². The van der Waals surface area contributed by atoms with Crippen LogP contribution in [0.4, 0.5) is 4.79 Å². The molecule has 6 heteroatoms. The second-order valence-electron chi connectivity index (χ2n) is 5.24. The molecule has 1 aromatic carbocycles. The highest BCUT2D eigenvalue weighted by Crippen LogP contribution is 2.09. The van der Waals surface area contributed by atoms with Crippen LogP contribution in [0.25, 0.3) is 0 Å². The molecule has 1 amide bonds. The summed E-state index contributed by atoms with van der Waals surface area (Å²) in [7, 11) is 0. The molecule has 0 heterocycles. The Kier molecular flexibility index (Phi) is 5.37. The SMILES string of the molecule is CC(C)(C)OC(=O)NCCN=C(N)c1ccc(O)cc1. The average molecular weight is 279 g/mol. The van der Waals surface area contributed by atoms with Crippen LogP contribution in [0.1, 0.15) is 26.3 Å². The molecule has 6 nitrogen and oxygen atoms in total. The highest BCUT2D eigenvalue weighted by atomic mass is 16.6. The van der Waals surface area contributed by atoms with Gasteiger partial charge in [-0.2, -0.15) is 0 Å². The number of nitrogens with one attached hydrogen (secondary N) is 1. The summed E-state index contributed by atoms with van der Waals surface area (Å²) < 4.78 is 5.09. The van der Waals surface area contributed by atoms with E-state index in [0.717, 1.165) is 5.56 Å². The van der Waals surface area contributed by atoms with Crippen LogP contribution in [0.5, 0.6) is 5.75 Å². The predicted octanol–water partition coefficient (Wildman–Crippen LogP) is 1.62. The summed E-state index contributed by atoms with van der Waals surface area (Å²) in [4.78, 5) is 15.5. The van der Waals surface area contributed by atoms with Crippen LogP contribution in [0.15, 0.2) is 29.3 Å². The number of carbonyl (C=O) groups excluding carboxylic acids is 1. The zero-order valence-corrected chi connectivity index (χ0v) is 12.0. The molecule has 4 N–H and O–H groups in total. The Balaban J connectivity index is 2.37. The minimum atomic E-state index is -0.515. The monoisotopic (exact) mass is 279 g/mol. The first-order valence-corrected chi connectivity index (χ1v) is 6.34. The summed E-state index contributed by atoms with van der Waals surface area (Å²) in [5.74, 6) is 0.532. The molecule has 1 rings (SSSR count). The Morgan fingerprint density at radius 3 is 2.50 bits per heavy atom. The van der Waals surface area contributed by atoms with Crippen molar-refractivity contribution in [2.75, 3.05) is 13.1 Å². The van der Waals surface area contributed by atoms with Gasteiger partial charge in [0.2, 0.25) is 0 Å². The van der Waals surface area contributed by atoms with Crippen molar-refractivity contribution >= 4 is 11.9 Å². The zero-order chi connectivity index (χ0) is 15.2. The van der Waals surface area contributed by atoms with Crippen molar-refractivity contribution in [2.24, 2.45) is 10.7 Å². The van der Waals surface area contributed by atoms with Gasteiger partial charge in [-0.1, -0.05) is 0 Å². The van der Waals surface area contributed by atoms with Gasteiger partial charge in [0.25, 0.3) is 0 Å². The molecule has 0 aromatic heterocycles. The standard InChI is InChI=1S/C14H21N3O3/c1-14(2,3)20-13(19)17-9-8-16-12(15)10-4-6-11(18)7-5-10/h4-7,18H,8-9H2,1-3H3,(H2,15,16)(H,17,19). The number of amides is 1. The molecule has 0 radical (unpaired) electrons. The summed E-state index contributed by atoms with van der Waals surface area (Å²) in [6, 6.07) is 6.43. The lowest BCUT2D eigenvalue weighted by molar-refractivity contribution is 0.0529. The highest BCUT2D eigenvalue weighted by molar-refractivity contribution is 5.97. The van der Waals surface area contributed by atoms with Crippen molar-refractivity contribution in [1.29, 1.82) is 0 Å². The second-order valence-corrected chi connectivity index (χ2v) is 5.24. The largest absolute Gasteiger partial charge is 0.508 e.